The Balaban J connectivity index is 1.98. The van der Waals surface area contributed by atoms with Gasteiger partial charge < -0.3 is 10.8 Å². The molecule has 0 radical (unpaired) electrons. The molecule has 0 aromatic carbocycles. The molecule has 0 bridgehead atoms. The molecule has 1 fully saturated rings. The Morgan fingerprint density at radius 3 is 3.12 bits per heavy atom. The van der Waals surface area contributed by atoms with Crippen molar-refractivity contribution in [3.8, 4) is 0 Å². The minimum Gasteiger partial charge on any atom is -0.393 e. The number of pyridine rings is 1. The SMILES string of the molecule is CC1CN(Cc2cccnc2N)CCC1O. The van der Waals surface area contributed by atoms with Gasteiger partial charge in [-0.2, -0.15) is 0 Å². The van der Waals surface area contributed by atoms with Crippen LogP contribution in [0.3, 0.4) is 0 Å². The van der Waals surface area contributed by atoms with Crippen molar-refractivity contribution in [3.63, 3.8) is 0 Å². The molecule has 0 amide bonds. The Morgan fingerprint density at radius 1 is 1.62 bits per heavy atom. The van der Waals surface area contributed by atoms with E-state index in [9.17, 15) is 5.11 Å². The zero-order valence-electron chi connectivity index (χ0n) is 9.63. The van der Waals surface area contributed by atoms with Gasteiger partial charge in [0.1, 0.15) is 5.82 Å². The molecule has 2 unspecified atom stereocenters. The van der Waals surface area contributed by atoms with Crippen molar-refractivity contribution in [2.75, 3.05) is 18.8 Å². The molecule has 88 valence electrons. The van der Waals surface area contributed by atoms with Gasteiger partial charge in [0.15, 0.2) is 0 Å². The van der Waals surface area contributed by atoms with E-state index in [-0.39, 0.29) is 6.10 Å². The van der Waals surface area contributed by atoms with Gasteiger partial charge in [0.2, 0.25) is 0 Å². The number of piperidine rings is 1. The fourth-order valence-corrected chi connectivity index (χ4v) is 2.19. The van der Waals surface area contributed by atoms with Gasteiger partial charge in [0.05, 0.1) is 6.10 Å². The zero-order valence-corrected chi connectivity index (χ0v) is 9.63. The van der Waals surface area contributed by atoms with Crippen molar-refractivity contribution in [1.82, 2.24) is 9.88 Å². The van der Waals surface area contributed by atoms with E-state index >= 15 is 0 Å². The fourth-order valence-electron chi connectivity index (χ4n) is 2.19. The molecule has 2 rings (SSSR count). The highest BCUT2D eigenvalue weighted by Crippen LogP contribution is 2.19. The van der Waals surface area contributed by atoms with Crippen molar-refractivity contribution in [1.29, 1.82) is 0 Å². The maximum atomic E-state index is 9.65. The van der Waals surface area contributed by atoms with Crippen LogP contribution < -0.4 is 5.73 Å². The number of aliphatic hydroxyl groups is 1. The highest BCUT2D eigenvalue weighted by Gasteiger charge is 2.24. The van der Waals surface area contributed by atoms with Gasteiger partial charge in [0.25, 0.3) is 0 Å². The Bertz CT molecular complexity index is 356. The van der Waals surface area contributed by atoms with Gasteiger partial charge in [-0.1, -0.05) is 13.0 Å². The number of hydrogen-bond acceptors (Lipinski definition) is 4. The Labute approximate surface area is 96.1 Å². The molecule has 0 spiro atoms. The van der Waals surface area contributed by atoms with E-state index < -0.39 is 0 Å². The molecule has 3 N–H and O–H groups in total. The first kappa shape index (κ1) is 11.4. The van der Waals surface area contributed by atoms with Crippen molar-refractivity contribution < 1.29 is 5.11 Å². The predicted octanol–water partition coefficient (Wildman–Crippen LogP) is 0.867. The smallest absolute Gasteiger partial charge is 0.127 e. The summed E-state index contributed by atoms with van der Waals surface area (Å²) >= 11 is 0. The van der Waals surface area contributed by atoms with Gasteiger partial charge in [-0.3, -0.25) is 4.90 Å². The number of rotatable bonds is 2. The molecular formula is C12H19N3O. The van der Waals surface area contributed by atoms with Crippen LogP contribution in [0.2, 0.25) is 0 Å². The lowest BCUT2D eigenvalue weighted by Gasteiger charge is -2.34. The van der Waals surface area contributed by atoms with Crippen LogP contribution in [0.5, 0.6) is 0 Å². The zero-order chi connectivity index (χ0) is 11.5. The summed E-state index contributed by atoms with van der Waals surface area (Å²) < 4.78 is 0. The van der Waals surface area contributed by atoms with Crippen LogP contribution in [0, 0.1) is 5.92 Å². The largest absolute Gasteiger partial charge is 0.393 e. The molecule has 0 aliphatic carbocycles. The van der Waals surface area contributed by atoms with Crippen LogP contribution >= 0.6 is 0 Å². The summed E-state index contributed by atoms with van der Waals surface area (Å²) in [5.41, 5.74) is 6.89. The van der Waals surface area contributed by atoms with Crippen molar-refractivity contribution in [2.45, 2.75) is 26.0 Å². The number of nitrogens with two attached hydrogens (primary N) is 1. The third kappa shape index (κ3) is 2.51. The number of likely N-dealkylation sites (tertiary alicyclic amines) is 1. The quantitative estimate of drug-likeness (QED) is 0.777. The van der Waals surface area contributed by atoms with Crippen LogP contribution in [0.15, 0.2) is 18.3 Å². The lowest BCUT2D eigenvalue weighted by Crippen LogP contribution is -2.41. The minimum absolute atomic E-state index is 0.150. The van der Waals surface area contributed by atoms with E-state index in [1.54, 1.807) is 6.20 Å². The van der Waals surface area contributed by atoms with E-state index in [2.05, 4.69) is 16.8 Å². The van der Waals surface area contributed by atoms with Gasteiger partial charge in [0, 0.05) is 31.4 Å². The van der Waals surface area contributed by atoms with E-state index in [1.807, 2.05) is 12.1 Å². The van der Waals surface area contributed by atoms with Gasteiger partial charge in [-0.25, -0.2) is 4.98 Å². The van der Waals surface area contributed by atoms with E-state index in [4.69, 9.17) is 5.73 Å². The van der Waals surface area contributed by atoms with Crippen LogP contribution in [0.1, 0.15) is 18.9 Å². The summed E-state index contributed by atoms with van der Waals surface area (Å²) in [6.07, 6.45) is 2.41. The molecule has 0 saturated carbocycles. The summed E-state index contributed by atoms with van der Waals surface area (Å²) in [5, 5.41) is 9.65. The first-order valence-electron chi connectivity index (χ1n) is 5.76. The summed E-state index contributed by atoms with van der Waals surface area (Å²) in [6.45, 7) is 4.77. The molecule has 1 aliphatic rings. The minimum atomic E-state index is -0.150. The molecule has 16 heavy (non-hydrogen) atoms. The first-order valence-corrected chi connectivity index (χ1v) is 5.76. The summed E-state index contributed by atoms with van der Waals surface area (Å²) in [6, 6.07) is 3.92. The number of hydrogen-bond donors (Lipinski definition) is 2. The third-order valence-corrected chi connectivity index (χ3v) is 3.26. The molecule has 4 nitrogen and oxygen atoms in total. The molecule has 1 aliphatic heterocycles. The van der Waals surface area contributed by atoms with Gasteiger partial charge in [-0.05, 0) is 18.4 Å². The highest BCUT2D eigenvalue weighted by molar-refractivity contribution is 5.38. The third-order valence-electron chi connectivity index (χ3n) is 3.26. The van der Waals surface area contributed by atoms with E-state index in [0.717, 1.165) is 31.6 Å². The Kier molecular flexibility index (Phi) is 3.41. The molecule has 1 aromatic rings. The van der Waals surface area contributed by atoms with E-state index in [1.165, 1.54) is 0 Å². The lowest BCUT2D eigenvalue weighted by atomic mass is 9.96. The Morgan fingerprint density at radius 2 is 2.44 bits per heavy atom. The Hall–Kier alpha value is -1.13. The van der Waals surface area contributed by atoms with Crippen molar-refractivity contribution >= 4 is 5.82 Å². The number of aliphatic hydroxyl groups excluding tert-OH is 1. The maximum Gasteiger partial charge on any atom is 0.127 e. The molecule has 2 heterocycles. The number of nitrogens with zero attached hydrogens (tertiary/aromatic N) is 2. The summed E-state index contributed by atoms with van der Waals surface area (Å²) in [5.74, 6) is 0.952. The number of aromatic nitrogens is 1. The second-order valence-corrected chi connectivity index (χ2v) is 4.62. The molecule has 1 aromatic heterocycles. The van der Waals surface area contributed by atoms with E-state index in [0.29, 0.717) is 11.7 Å². The number of anilines is 1. The van der Waals surface area contributed by atoms with Crippen LogP contribution in [-0.2, 0) is 6.54 Å². The second-order valence-electron chi connectivity index (χ2n) is 4.62. The van der Waals surface area contributed by atoms with Crippen LogP contribution in [-0.4, -0.2) is 34.2 Å². The lowest BCUT2D eigenvalue weighted by molar-refractivity contribution is 0.0321. The average molecular weight is 221 g/mol. The van der Waals surface area contributed by atoms with Crippen molar-refractivity contribution in [3.05, 3.63) is 23.9 Å². The maximum absolute atomic E-state index is 9.65. The van der Waals surface area contributed by atoms with Crippen molar-refractivity contribution in [2.24, 2.45) is 5.92 Å². The second kappa shape index (κ2) is 4.80. The summed E-state index contributed by atoms with van der Waals surface area (Å²) in [4.78, 5) is 6.40. The van der Waals surface area contributed by atoms with Crippen LogP contribution in [0.4, 0.5) is 5.82 Å². The fraction of sp³-hybridized carbons (Fsp3) is 0.583. The summed E-state index contributed by atoms with van der Waals surface area (Å²) in [7, 11) is 0. The van der Waals surface area contributed by atoms with Crippen LogP contribution in [0.25, 0.3) is 0 Å². The molecule has 2 atom stereocenters. The molecular weight excluding hydrogens is 202 g/mol. The van der Waals surface area contributed by atoms with Gasteiger partial charge in [-0.15, -0.1) is 0 Å². The molecule has 4 heteroatoms. The standard InChI is InChI=1S/C12H19N3O/c1-9-7-15(6-4-11(9)16)8-10-3-2-5-14-12(10)13/h2-3,5,9,11,16H,4,6-8H2,1H3,(H2,13,14). The number of nitrogen functional groups attached to an aromatic ring is 1. The predicted molar refractivity (Wildman–Crippen MR) is 63.7 cm³/mol. The first-order chi connectivity index (χ1) is 7.66. The average Bonchev–Trinajstić information content (AvgIpc) is 2.27. The topological polar surface area (TPSA) is 62.4 Å². The normalized spacial score (nSPS) is 26.9. The molecule has 1 saturated heterocycles. The van der Waals surface area contributed by atoms with Gasteiger partial charge >= 0.3 is 0 Å². The highest BCUT2D eigenvalue weighted by atomic mass is 16.3. The monoisotopic (exact) mass is 221 g/mol.